The van der Waals surface area contributed by atoms with Crippen LogP contribution in [0.4, 0.5) is 5.69 Å². The smallest absolute Gasteiger partial charge is 0.271 e. The number of amides is 2. The van der Waals surface area contributed by atoms with Crippen LogP contribution in [0.25, 0.3) is 10.6 Å². The zero-order chi connectivity index (χ0) is 21.6. The van der Waals surface area contributed by atoms with Gasteiger partial charge in [0.1, 0.15) is 10.7 Å². The van der Waals surface area contributed by atoms with Crippen molar-refractivity contribution in [1.82, 2.24) is 15.3 Å². The number of anilines is 1. The summed E-state index contributed by atoms with van der Waals surface area (Å²) in [6, 6.07) is 17.9. The van der Waals surface area contributed by atoms with Crippen LogP contribution in [0.2, 0.25) is 5.02 Å². The minimum absolute atomic E-state index is 0.223. The predicted molar refractivity (Wildman–Crippen MR) is 122 cm³/mol. The van der Waals surface area contributed by atoms with E-state index < -0.39 is 0 Å². The maximum atomic E-state index is 12.5. The van der Waals surface area contributed by atoms with Gasteiger partial charge in [0.05, 0.1) is 0 Å². The van der Waals surface area contributed by atoms with E-state index in [1.54, 1.807) is 42.0 Å². The molecule has 0 atom stereocenters. The molecular weight excluding hydrogens is 432 g/mol. The third kappa shape index (κ3) is 5.33. The number of pyridine rings is 1. The molecule has 0 spiro atoms. The molecule has 0 saturated carbocycles. The summed E-state index contributed by atoms with van der Waals surface area (Å²) in [5, 5.41) is 8.77. The fourth-order valence-corrected chi connectivity index (χ4v) is 3.86. The molecule has 2 N–H and O–H groups in total. The molecule has 6 nitrogen and oxygen atoms in total. The van der Waals surface area contributed by atoms with Crippen LogP contribution in [0.5, 0.6) is 0 Å². The summed E-state index contributed by atoms with van der Waals surface area (Å²) < 4.78 is 0. The first kappa shape index (κ1) is 20.7. The van der Waals surface area contributed by atoms with Gasteiger partial charge < -0.3 is 10.6 Å². The summed E-state index contributed by atoms with van der Waals surface area (Å²) in [5.74, 6) is -0.490. The maximum absolute atomic E-state index is 12.5. The van der Waals surface area contributed by atoms with E-state index in [0.29, 0.717) is 28.5 Å². The van der Waals surface area contributed by atoms with Crippen LogP contribution in [0, 0.1) is 0 Å². The van der Waals surface area contributed by atoms with E-state index in [2.05, 4.69) is 20.6 Å². The zero-order valence-corrected chi connectivity index (χ0v) is 17.8. The first-order valence-corrected chi connectivity index (χ1v) is 10.6. The number of nitrogens with one attached hydrogen (secondary N) is 2. The van der Waals surface area contributed by atoms with E-state index in [1.165, 1.54) is 11.3 Å². The molecule has 0 saturated heterocycles. The number of hydrogen-bond donors (Lipinski definition) is 2. The second kappa shape index (κ2) is 9.51. The number of hydrogen-bond acceptors (Lipinski definition) is 5. The second-order valence-electron chi connectivity index (χ2n) is 6.62. The molecule has 0 aliphatic rings. The Kier molecular flexibility index (Phi) is 6.35. The molecular formula is C23H17ClN4O2S. The van der Waals surface area contributed by atoms with Crippen molar-refractivity contribution in [2.75, 3.05) is 5.32 Å². The van der Waals surface area contributed by atoms with Crippen molar-refractivity contribution in [3.8, 4) is 10.6 Å². The lowest BCUT2D eigenvalue weighted by atomic mass is 10.2. The van der Waals surface area contributed by atoms with Gasteiger partial charge in [-0.2, -0.15) is 0 Å². The third-order valence-electron chi connectivity index (χ3n) is 4.39. The Morgan fingerprint density at radius 1 is 0.968 bits per heavy atom. The first-order chi connectivity index (χ1) is 15.1. The number of halogens is 1. The molecule has 0 aliphatic carbocycles. The van der Waals surface area contributed by atoms with Crippen molar-refractivity contribution < 1.29 is 9.59 Å². The molecule has 2 aromatic carbocycles. The van der Waals surface area contributed by atoms with Crippen molar-refractivity contribution in [1.29, 1.82) is 0 Å². The Hall–Kier alpha value is -3.55. The average Bonchev–Trinajstić information content (AvgIpc) is 3.29. The molecule has 0 bridgehead atoms. The molecule has 4 rings (SSSR count). The minimum Gasteiger partial charge on any atom is -0.347 e. The lowest BCUT2D eigenvalue weighted by Crippen LogP contribution is -2.23. The molecule has 31 heavy (non-hydrogen) atoms. The largest absolute Gasteiger partial charge is 0.347 e. The van der Waals surface area contributed by atoms with Gasteiger partial charge in [0, 0.05) is 46.2 Å². The number of rotatable bonds is 6. The number of aromatic nitrogens is 2. The number of thiazole rings is 1. The van der Waals surface area contributed by atoms with Crippen LogP contribution < -0.4 is 10.6 Å². The summed E-state index contributed by atoms with van der Waals surface area (Å²) in [6.07, 6.45) is 3.13. The molecule has 8 heteroatoms. The molecule has 2 amide bonds. The Morgan fingerprint density at radius 3 is 2.58 bits per heavy atom. The van der Waals surface area contributed by atoms with Crippen LogP contribution in [-0.2, 0) is 6.54 Å². The highest BCUT2D eigenvalue weighted by Gasteiger charge is 2.12. The topological polar surface area (TPSA) is 84.0 Å². The van der Waals surface area contributed by atoms with Crippen molar-refractivity contribution >= 4 is 40.4 Å². The van der Waals surface area contributed by atoms with Gasteiger partial charge in [0.15, 0.2) is 0 Å². The van der Waals surface area contributed by atoms with Crippen molar-refractivity contribution in [3.63, 3.8) is 0 Å². The molecule has 0 unspecified atom stereocenters. The monoisotopic (exact) mass is 448 g/mol. The molecule has 4 aromatic rings. The van der Waals surface area contributed by atoms with Gasteiger partial charge in [-0.1, -0.05) is 35.9 Å². The standard InChI is InChI=1S/C23H17ClN4O2S/c24-18-5-2-4-17(12-18)23-28-20(14-31-23)22(30)26-13-15-3-1-6-19(11-15)27-21(29)16-7-9-25-10-8-16/h1-12,14H,13H2,(H,26,30)(H,27,29). The van der Waals surface area contributed by atoms with Gasteiger partial charge in [-0.15, -0.1) is 11.3 Å². The van der Waals surface area contributed by atoms with Crippen LogP contribution in [0.3, 0.4) is 0 Å². The van der Waals surface area contributed by atoms with Crippen LogP contribution >= 0.6 is 22.9 Å². The minimum atomic E-state index is -0.268. The Labute approximate surface area is 188 Å². The van der Waals surface area contributed by atoms with Gasteiger partial charge >= 0.3 is 0 Å². The average molecular weight is 449 g/mol. The summed E-state index contributed by atoms with van der Waals surface area (Å²) in [4.78, 5) is 33.1. The fourth-order valence-electron chi connectivity index (χ4n) is 2.87. The van der Waals surface area contributed by atoms with E-state index in [0.717, 1.165) is 16.1 Å². The highest BCUT2D eigenvalue weighted by atomic mass is 35.5. The van der Waals surface area contributed by atoms with Crippen molar-refractivity contribution in [2.45, 2.75) is 6.54 Å². The van der Waals surface area contributed by atoms with Crippen molar-refractivity contribution in [3.05, 3.63) is 100 Å². The SMILES string of the molecule is O=C(Nc1cccc(CNC(=O)c2csc(-c3cccc(Cl)c3)n2)c1)c1ccncc1. The van der Waals surface area contributed by atoms with Crippen LogP contribution in [0.1, 0.15) is 26.4 Å². The molecule has 0 radical (unpaired) electrons. The summed E-state index contributed by atoms with van der Waals surface area (Å²) >= 11 is 7.42. The molecule has 154 valence electrons. The lowest BCUT2D eigenvalue weighted by Gasteiger charge is -2.08. The highest BCUT2D eigenvalue weighted by Crippen LogP contribution is 2.26. The third-order valence-corrected chi connectivity index (χ3v) is 5.52. The summed E-state index contributed by atoms with van der Waals surface area (Å²) in [7, 11) is 0. The summed E-state index contributed by atoms with van der Waals surface area (Å²) in [6.45, 7) is 0.307. The van der Waals surface area contributed by atoms with E-state index in [9.17, 15) is 9.59 Å². The maximum Gasteiger partial charge on any atom is 0.271 e. The lowest BCUT2D eigenvalue weighted by molar-refractivity contribution is 0.0945. The fraction of sp³-hybridized carbons (Fsp3) is 0.0435. The summed E-state index contributed by atoms with van der Waals surface area (Å²) in [5.41, 5.74) is 3.24. The number of benzene rings is 2. The quantitative estimate of drug-likeness (QED) is 0.432. The van der Waals surface area contributed by atoms with Crippen LogP contribution in [-0.4, -0.2) is 21.8 Å². The Morgan fingerprint density at radius 2 is 1.77 bits per heavy atom. The van der Waals surface area contributed by atoms with Gasteiger partial charge in [0.2, 0.25) is 0 Å². The van der Waals surface area contributed by atoms with E-state index in [4.69, 9.17) is 11.6 Å². The van der Waals surface area contributed by atoms with Gasteiger partial charge in [-0.3, -0.25) is 14.6 Å². The van der Waals surface area contributed by atoms with Gasteiger partial charge in [-0.25, -0.2) is 4.98 Å². The van der Waals surface area contributed by atoms with E-state index >= 15 is 0 Å². The number of nitrogens with zero attached hydrogens (tertiary/aromatic N) is 2. The molecule has 2 heterocycles. The van der Waals surface area contributed by atoms with Crippen molar-refractivity contribution in [2.24, 2.45) is 0 Å². The highest BCUT2D eigenvalue weighted by molar-refractivity contribution is 7.13. The van der Waals surface area contributed by atoms with Gasteiger partial charge in [-0.05, 0) is 42.0 Å². The van der Waals surface area contributed by atoms with Gasteiger partial charge in [0.25, 0.3) is 11.8 Å². The molecule has 2 aromatic heterocycles. The Bertz CT molecular complexity index is 1230. The first-order valence-electron chi connectivity index (χ1n) is 9.38. The van der Waals surface area contributed by atoms with Crippen LogP contribution in [0.15, 0.2) is 78.4 Å². The van der Waals surface area contributed by atoms with E-state index in [-0.39, 0.29) is 11.8 Å². The predicted octanol–water partition coefficient (Wildman–Crippen LogP) is 5.04. The number of carbonyl (C=O) groups is 2. The van der Waals surface area contributed by atoms with E-state index in [1.807, 2.05) is 36.4 Å². The molecule has 0 fully saturated rings. The zero-order valence-electron chi connectivity index (χ0n) is 16.2. The second-order valence-corrected chi connectivity index (χ2v) is 7.92. The Balaban J connectivity index is 1.38. The number of carbonyl (C=O) groups excluding carboxylic acids is 2. The normalized spacial score (nSPS) is 10.5. The molecule has 0 aliphatic heterocycles.